The minimum absolute atomic E-state index is 0.826. The molecule has 0 fully saturated rings. The summed E-state index contributed by atoms with van der Waals surface area (Å²) < 4.78 is 0. The Morgan fingerprint density at radius 2 is 1.93 bits per heavy atom. The molecule has 14 heavy (non-hydrogen) atoms. The molecule has 0 bridgehead atoms. The lowest BCUT2D eigenvalue weighted by atomic mass is 10.3. The zero-order chi connectivity index (χ0) is 9.97. The van der Waals surface area contributed by atoms with Crippen molar-refractivity contribution in [1.29, 1.82) is 0 Å². The third-order valence-electron chi connectivity index (χ3n) is 2.49. The van der Waals surface area contributed by atoms with Gasteiger partial charge in [0.15, 0.2) is 0 Å². The van der Waals surface area contributed by atoms with E-state index in [9.17, 15) is 0 Å². The quantitative estimate of drug-likeness (QED) is 0.746. The topological polar surface area (TPSA) is 27.3 Å². The van der Waals surface area contributed by atoms with Gasteiger partial charge in [-0.2, -0.15) is 0 Å². The Bertz CT molecular complexity index is 343. The summed E-state index contributed by atoms with van der Waals surface area (Å²) >= 11 is 0. The van der Waals surface area contributed by atoms with Crippen molar-refractivity contribution in [2.75, 3.05) is 12.1 Å². The lowest BCUT2D eigenvalue weighted by Crippen LogP contribution is -2.28. The molecule has 0 saturated carbocycles. The average molecular weight is 189 g/mol. The van der Waals surface area contributed by atoms with Crippen molar-refractivity contribution in [1.82, 2.24) is 10.3 Å². The van der Waals surface area contributed by atoms with Gasteiger partial charge in [-0.15, -0.1) is 0 Å². The smallest absolute Gasteiger partial charge is 0.107 e. The Labute approximate surface area is 84.4 Å². The van der Waals surface area contributed by atoms with Crippen LogP contribution in [0.25, 0.3) is 0 Å². The Balaban J connectivity index is 2.07. The van der Waals surface area contributed by atoms with E-state index in [0.29, 0.717) is 0 Å². The van der Waals surface area contributed by atoms with Crippen LogP contribution in [-0.4, -0.2) is 11.7 Å². The van der Waals surface area contributed by atoms with Gasteiger partial charge in [-0.1, -0.05) is 18.2 Å². The van der Waals surface area contributed by atoms with Crippen molar-refractivity contribution in [2.24, 2.45) is 0 Å². The fourth-order valence-electron chi connectivity index (χ4n) is 1.44. The van der Waals surface area contributed by atoms with Crippen molar-refractivity contribution in [3.63, 3.8) is 0 Å². The van der Waals surface area contributed by atoms with Crippen molar-refractivity contribution in [3.05, 3.63) is 41.7 Å². The van der Waals surface area contributed by atoms with Crippen LogP contribution >= 0.6 is 0 Å². The second-order valence-electron chi connectivity index (χ2n) is 3.45. The van der Waals surface area contributed by atoms with Crippen LogP contribution in [-0.2, 0) is 0 Å². The third kappa shape index (κ3) is 1.66. The van der Waals surface area contributed by atoms with Gasteiger partial charge in [0.05, 0.1) is 11.4 Å². The van der Waals surface area contributed by atoms with E-state index >= 15 is 0 Å². The van der Waals surface area contributed by atoms with Crippen LogP contribution in [0.5, 0.6) is 0 Å². The van der Waals surface area contributed by atoms with Gasteiger partial charge in [-0.3, -0.25) is 10.4 Å². The van der Waals surface area contributed by atoms with Crippen molar-refractivity contribution in [3.8, 4) is 0 Å². The summed E-state index contributed by atoms with van der Waals surface area (Å²) in [5, 5.41) is 5.38. The maximum atomic E-state index is 3.33. The highest BCUT2D eigenvalue weighted by atomic mass is 15.6. The normalized spacial score (nSPS) is 15.7. The maximum absolute atomic E-state index is 3.33. The molecule has 0 saturated heterocycles. The summed E-state index contributed by atoms with van der Waals surface area (Å²) in [6.07, 6.45) is 0. The van der Waals surface area contributed by atoms with E-state index in [2.05, 4.69) is 41.7 Å². The molecule has 1 heterocycles. The molecule has 0 aromatic heterocycles. The highest BCUT2D eigenvalue weighted by molar-refractivity contribution is 5.42. The molecule has 1 aliphatic heterocycles. The maximum Gasteiger partial charge on any atom is 0.107 e. The minimum atomic E-state index is 0.826. The molecule has 1 aromatic rings. The molecule has 3 nitrogen and oxygen atoms in total. The molecule has 74 valence electrons. The van der Waals surface area contributed by atoms with E-state index in [1.54, 1.807) is 0 Å². The number of anilines is 1. The van der Waals surface area contributed by atoms with Crippen LogP contribution in [0.3, 0.4) is 0 Å². The molecule has 1 aromatic carbocycles. The number of hydrogen-bond acceptors (Lipinski definition) is 3. The van der Waals surface area contributed by atoms with Gasteiger partial charge in [0.1, 0.15) is 6.67 Å². The monoisotopic (exact) mass is 189 g/mol. The molecular formula is C11H15N3. The number of allylic oxidation sites excluding steroid dienone is 2. The zero-order valence-electron chi connectivity index (χ0n) is 8.54. The average Bonchev–Trinajstić information content (AvgIpc) is 2.52. The van der Waals surface area contributed by atoms with Crippen LogP contribution < -0.4 is 10.7 Å². The van der Waals surface area contributed by atoms with E-state index < -0.39 is 0 Å². The van der Waals surface area contributed by atoms with E-state index in [0.717, 1.165) is 12.4 Å². The van der Waals surface area contributed by atoms with Crippen LogP contribution in [0.2, 0.25) is 0 Å². The van der Waals surface area contributed by atoms with Gasteiger partial charge < -0.3 is 5.32 Å². The number of para-hydroxylation sites is 1. The van der Waals surface area contributed by atoms with Crippen molar-refractivity contribution < 1.29 is 0 Å². The predicted octanol–water partition coefficient (Wildman–Crippen LogP) is 2.13. The number of hydrogen-bond donors (Lipinski definition) is 2. The molecule has 0 amide bonds. The lowest BCUT2D eigenvalue weighted by molar-refractivity contribution is 0.434. The summed E-state index contributed by atoms with van der Waals surface area (Å²) in [5.74, 6) is 0. The molecule has 0 radical (unpaired) electrons. The van der Waals surface area contributed by atoms with Gasteiger partial charge in [0.25, 0.3) is 0 Å². The third-order valence-corrected chi connectivity index (χ3v) is 2.49. The first-order chi connectivity index (χ1) is 6.77. The van der Waals surface area contributed by atoms with Gasteiger partial charge >= 0.3 is 0 Å². The van der Waals surface area contributed by atoms with E-state index in [4.69, 9.17) is 0 Å². The van der Waals surface area contributed by atoms with Crippen LogP contribution in [0.4, 0.5) is 5.69 Å². The molecule has 2 rings (SSSR count). The molecule has 0 unspecified atom stereocenters. The summed E-state index contributed by atoms with van der Waals surface area (Å²) in [6.45, 7) is 5.01. The lowest BCUT2D eigenvalue weighted by Gasteiger charge is -2.21. The minimum Gasteiger partial charge on any atom is -0.368 e. The Kier molecular flexibility index (Phi) is 2.31. The van der Waals surface area contributed by atoms with Crippen LogP contribution in [0, 0.1) is 0 Å². The highest BCUT2D eigenvalue weighted by Crippen LogP contribution is 2.15. The largest absolute Gasteiger partial charge is 0.368 e. The van der Waals surface area contributed by atoms with Gasteiger partial charge in [-0.25, -0.2) is 0 Å². The van der Waals surface area contributed by atoms with Gasteiger partial charge in [0, 0.05) is 5.70 Å². The number of nitrogens with one attached hydrogen (secondary N) is 2. The van der Waals surface area contributed by atoms with E-state index in [1.807, 2.05) is 18.2 Å². The SMILES string of the molecule is CC1=C(C)N(Nc2ccccc2)CN1. The number of hydrazine groups is 1. The Morgan fingerprint density at radius 1 is 1.21 bits per heavy atom. The molecule has 2 N–H and O–H groups in total. The standard InChI is InChI=1S/C11H15N3/c1-9-10(2)14(8-12-9)13-11-6-4-3-5-7-11/h3-7,12-13H,8H2,1-2H3. The van der Waals surface area contributed by atoms with Crippen LogP contribution in [0.15, 0.2) is 41.7 Å². The molecule has 3 heteroatoms. The molecule has 1 aliphatic rings. The highest BCUT2D eigenvalue weighted by Gasteiger charge is 2.14. The molecule has 0 aliphatic carbocycles. The molecule has 0 spiro atoms. The first-order valence-corrected chi connectivity index (χ1v) is 4.78. The Morgan fingerprint density at radius 3 is 2.50 bits per heavy atom. The van der Waals surface area contributed by atoms with Crippen molar-refractivity contribution >= 4 is 5.69 Å². The Hall–Kier alpha value is -1.64. The van der Waals surface area contributed by atoms with Gasteiger partial charge in [0.2, 0.25) is 0 Å². The zero-order valence-corrected chi connectivity index (χ0v) is 8.54. The number of nitrogens with zero attached hydrogens (tertiary/aromatic N) is 1. The first-order valence-electron chi connectivity index (χ1n) is 4.78. The summed E-state index contributed by atoms with van der Waals surface area (Å²) in [6, 6.07) is 10.2. The fourth-order valence-corrected chi connectivity index (χ4v) is 1.44. The molecular weight excluding hydrogens is 174 g/mol. The number of rotatable bonds is 2. The van der Waals surface area contributed by atoms with Gasteiger partial charge in [-0.05, 0) is 26.0 Å². The second-order valence-corrected chi connectivity index (χ2v) is 3.45. The fraction of sp³-hybridized carbons (Fsp3) is 0.273. The van der Waals surface area contributed by atoms with E-state index in [1.165, 1.54) is 11.4 Å². The number of benzene rings is 1. The first kappa shape index (κ1) is 8.94. The van der Waals surface area contributed by atoms with E-state index in [-0.39, 0.29) is 0 Å². The summed E-state index contributed by atoms with van der Waals surface area (Å²) in [5.41, 5.74) is 6.92. The van der Waals surface area contributed by atoms with Crippen molar-refractivity contribution in [2.45, 2.75) is 13.8 Å². The summed E-state index contributed by atoms with van der Waals surface area (Å²) in [7, 11) is 0. The van der Waals surface area contributed by atoms with Crippen LogP contribution in [0.1, 0.15) is 13.8 Å². The predicted molar refractivity (Wildman–Crippen MR) is 58.3 cm³/mol. The second kappa shape index (κ2) is 3.62. The summed E-state index contributed by atoms with van der Waals surface area (Å²) in [4.78, 5) is 0. The molecule has 0 atom stereocenters.